The van der Waals surface area contributed by atoms with E-state index in [9.17, 15) is 5.26 Å². The van der Waals surface area contributed by atoms with Crippen molar-refractivity contribution in [3.8, 4) is 6.07 Å². The molecule has 2 aliphatic carbocycles. The van der Waals surface area contributed by atoms with Crippen molar-refractivity contribution in [1.82, 2.24) is 15.3 Å². The lowest BCUT2D eigenvalue weighted by atomic mass is 9.97. The molecule has 2 saturated carbocycles. The fourth-order valence-corrected chi connectivity index (χ4v) is 3.73. The zero-order valence-corrected chi connectivity index (χ0v) is 13.8. The van der Waals surface area contributed by atoms with Gasteiger partial charge in [-0.15, -0.1) is 0 Å². The van der Waals surface area contributed by atoms with Crippen molar-refractivity contribution in [2.45, 2.75) is 63.2 Å². The van der Waals surface area contributed by atoms with Gasteiger partial charge in [-0.05, 0) is 57.9 Å². The molecule has 1 aromatic heterocycles. The highest BCUT2D eigenvalue weighted by Crippen LogP contribution is 2.43. The van der Waals surface area contributed by atoms with Crippen LogP contribution in [0.25, 0.3) is 0 Å². The quantitative estimate of drug-likeness (QED) is 0.646. The zero-order valence-electron chi connectivity index (χ0n) is 12.9. The number of aromatic nitrogens is 2. The van der Waals surface area contributed by atoms with Gasteiger partial charge in [-0.3, -0.25) is 5.32 Å². The average molecular weight is 302 g/mol. The largest absolute Gasteiger partial charge is 0.296 e. The molecule has 0 saturated heterocycles. The number of hydrogen-bond donors (Lipinski definition) is 1. The molecule has 0 amide bonds. The maximum absolute atomic E-state index is 9.73. The summed E-state index contributed by atoms with van der Waals surface area (Å²) in [6.45, 7) is 6.10. The molecule has 3 rings (SSSR count). The molecule has 2 fully saturated rings. The van der Waals surface area contributed by atoms with Gasteiger partial charge in [-0.25, -0.2) is 9.97 Å². The maximum atomic E-state index is 9.73. The standard InChI is InChI=1S/C16H22N4S/c1-10-11(2)18-15(19-12(10)3)21-9-16(8-17,13-4-5-13)20-14-6-7-14/h13-14,20H,4-7,9H2,1-3H3. The van der Waals surface area contributed by atoms with E-state index in [4.69, 9.17) is 0 Å². The second kappa shape index (κ2) is 5.58. The predicted octanol–water partition coefficient (Wildman–Crippen LogP) is 2.92. The van der Waals surface area contributed by atoms with Crippen LogP contribution in [0.4, 0.5) is 0 Å². The third kappa shape index (κ3) is 3.22. The zero-order chi connectivity index (χ0) is 15.0. The van der Waals surface area contributed by atoms with Crippen molar-refractivity contribution in [3.63, 3.8) is 0 Å². The van der Waals surface area contributed by atoms with Gasteiger partial charge in [0.05, 0.1) is 6.07 Å². The number of nitriles is 1. The Kier molecular flexibility index (Phi) is 3.94. The van der Waals surface area contributed by atoms with E-state index in [0.29, 0.717) is 12.0 Å². The minimum absolute atomic E-state index is 0.387. The molecule has 1 aromatic rings. The molecule has 1 atom stereocenters. The van der Waals surface area contributed by atoms with Crippen LogP contribution < -0.4 is 5.32 Å². The second-order valence-corrected chi connectivity index (χ2v) is 7.31. The van der Waals surface area contributed by atoms with E-state index in [1.54, 1.807) is 11.8 Å². The van der Waals surface area contributed by atoms with Crippen molar-refractivity contribution in [3.05, 3.63) is 17.0 Å². The van der Waals surface area contributed by atoms with Crippen molar-refractivity contribution in [1.29, 1.82) is 5.26 Å². The smallest absolute Gasteiger partial charge is 0.188 e. The molecule has 0 radical (unpaired) electrons. The molecule has 4 nitrogen and oxygen atoms in total. The summed E-state index contributed by atoms with van der Waals surface area (Å²) < 4.78 is 0. The normalized spacial score (nSPS) is 20.9. The van der Waals surface area contributed by atoms with Crippen molar-refractivity contribution in [2.24, 2.45) is 5.92 Å². The van der Waals surface area contributed by atoms with E-state index in [1.165, 1.54) is 25.7 Å². The number of nitrogens with one attached hydrogen (secondary N) is 1. The van der Waals surface area contributed by atoms with Crippen LogP contribution >= 0.6 is 11.8 Å². The molecule has 0 spiro atoms. The Bertz CT molecular complexity index is 563. The first-order valence-corrected chi connectivity index (χ1v) is 8.66. The molecule has 112 valence electrons. The third-order valence-corrected chi connectivity index (χ3v) is 5.59. The number of rotatable bonds is 6. The van der Waals surface area contributed by atoms with Crippen molar-refractivity contribution in [2.75, 3.05) is 5.75 Å². The highest BCUT2D eigenvalue weighted by atomic mass is 32.2. The van der Waals surface area contributed by atoms with E-state index in [2.05, 4.69) is 28.3 Å². The lowest BCUT2D eigenvalue weighted by molar-refractivity contribution is 0.401. The summed E-state index contributed by atoms with van der Waals surface area (Å²) in [6, 6.07) is 3.12. The summed E-state index contributed by atoms with van der Waals surface area (Å²) in [5.74, 6) is 1.25. The summed E-state index contributed by atoms with van der Waals surface area (Å²) in [6.07, 6.45) is 4.75. The fourth-order valence-electron chi connectivity index (χ4n) is 2.59. The molecule has 5 heteroatoms. The molecule has 0 aliphatic heterocycles. The van der Waals surface area contributed by atoms with Crippen LogP contribution in [0.2, 0.25) is 0 Å². The van der Waals surface area contributed by atoms with Crippen LogP contribution in [0.3, 0.4) is 0 Å². The topological polar surface area (TPSA) is 61.6 Å². The molecule has 0 aromatic carbocycles. The molecular weight excluding hydrogens is 280 g/mol. The number of aryl methyl sites for hydroxylation is 2. The summed E-state index contributed by atoms with van der Waals surface area (Å²) in [5.41, 5.74) is 2.84. The molecule has 0 bridgehead atoms. The summed E-state index contributed by atoms with van der Waals surface area (Å²) >= 11 is 1.62. The Balaban J connectivity index is 1.73. The Morgan fingerprint density at radius 2 is 1.81 bits per heavy atom. The number of nitrogens with zero attached hydrogens (tertiary/aromatic N) is 3. The number of thioether (sulfide) groups is 1. The van der Waals surface area contributed by atoms with Gasteiger partial charge in [0.15, 0.2) is 5.16 Å². The first-order chi connectivity index (χ1) is 10.0. The summed E-state index contributed by atoms with van der Waals surface area (Å²) in [5, 5.41) is 14.1. The van der Waals surface area contributed by atoms with Gasteiger partial charge in [0.1, 0.15) is 5.54 Å². The van der Waals surface area contributed by atoms with Crippen LogP contribution in [-0.4, -0.2) is 27.3 Å². The Morgan fingerprint density at radius 3 is 2.29 bits per heavy atom. The summed E-state index contributed by atoms with van der Waals surface area (Å²) in [4.78, 5) is 9.12. The van der Waals surface area contributed by atoms with Gasteiger partial charge < -0.3 is 0 Å². The van der Waals surface area contributed by atoms with Gasteiger partial charge >= 0.3 is 0 Å². The van der Waals surface area contributed by atoms with Crippen LogP contribution in [-0.2, 0) is 0 Å². The highest BCUT2D eigenvalue weighted by molar-refractivity contribution is 7.99. The highest BCUT2D eigenvalue weighted by Gasteiger charge is 2.48. The Morgan fingerprint density at radius 1 is 1.19 bits per heavy atom. The second-order valence-electron chi connectivity index (χ2n) is 6.37. The third-order valence-electron chi connectivity index (χ3n) is 4.55. The predicted molar refractivity (Wildman–Crippen MR) is 84.2 cm³/mol. The fraction of sp³-hybridized carbons (Fsp3) is 0.688. The average Bonchev–Trinajstić information content (AvgIpc) is 3.33. The first kappa shape index (κ1) is 14.8. The molecule has 1 heterocycles. The van der Waals surface area contributed by atoms with Crippen LogP contribution in [0, 0.1) is 38.0 Å². The van der Waals surface area contributed by atoms with Gasteiger partial charge in [0, 0.05) is 23.2 Å². The lowest BCUT2D eigenvalue weighted by Gasteiger charge is -2.27. The molecule has 2 aliphatic rings. The van der Waals surface area contributed by atoms with Crippen LogP contribution in [0.5, 0.6) is 0 Å². The molecule has 21 heavy (non-hydrogen) atoms. The van der Waals surface area contributed by atoms with E-state index >= 15 is 0 Å². The maximum Gasteiger partial charge on any atom is 0.188 e. The van der Waals surface area contributed by atoms with Crippen LogP contribution in [0.15, 0.2) is 5.16 Å². The van der Waals surface area contributed by atoms with E-state index in [-0.39, 0.29) is 5.54 Å². The Hall–Kier alpha value is -1.12. The molecular formula is C16H22N4S. The molecule has 1 N–H and O–H groups in total. The van der Waals surface area contributed by atoms with Gasteiger partial charge in [-0.2, -0.15) is 5.26 Å². The van der Waals surface area contributed by atoms with Gasteiger partial charge in [0.2, 0.25) is 0 Å². The van der Waals surface area contributed by atoms with E-state index < -0.39 is 0 Å². The monoisotopic (exact) mass is 302 g/mol. The SMILES string of the molecule is Cc1nc(SCC(C#N)(NC2CC2)C2CC2)nc(C)c1C. The Labute approximate surface area is 130 Å². The van der Waals surface area contributed by atoms with Crippen molar-refractivity contribution < 1.29 is 0 Å². The number of hydrogen-bond acceptors (Lipinski definition) is 5. The minimum Gasteiger partial charge on any atom is -0.296 e. The van der Waals surface area contributed by atoms with E-state index in [1.807, 2.05) is 13.8 Å². The first-order valence-electron chi connectivity index (χ1n) is 7.67. The van der Waals surface area contributed by atoms with Crippen LogP contribution in [0.1, 0.15) is 42.6 Å². The van der Waals surface area contributed by atoms with E-state index in [0.717, 1.165) is 27.9 Å². The molecule has 1 unspecified atom stereocenters. The summed E-state index contributed by atoms with van der Waals surface area (Å²) in [7, 11) is 0. The lowest BCUT2D eigenvalue weighted by Crippen LogP contribution is -2.49. The van der Waals surface area contributed by atoms with Gasteiger partial charge in [0.25, 0.3) is 0 Å². The van der Waals surface area contributed by atoms with Gasteiger partial charge in [-0.1, -0.05) is 11.8 Å². The van der Waals surface area contributed by atoms with Crippen molar-refractivity contribution >= 4 is 11.8 Å². The minimum atomic E-state index is -0.387.